The van der Waals surface area contributed by atoms with E-state index in [-0.39, 0.29) is 87.3 Å². The van der Waals surface area contributed by atoms with E-state index in [4.69, 9.17) is 52.3 Å². The molecule has 0 amide bonds. The van der Waals surface area contributed by atoms with Crippen molar-refractivity contribution < 1.29 is 51.9 Å². The summed E-state index contributed by atoms with van der Waals surface area (Å²) in [5.74, 6) is 16.5. The zero-order chi connectivity index (χ0) is 90.3. The molecular formula is C109H177N3O11Si2. The molecule has 0 spiro atoms. The van der Waals surface area contributed by atoms with Crippen molar-refractivity contribution in [2.75, 3.05) is 0 Å². The average molecular weight is 1760 g/mol. The van der Waals surface area contributed by atoms with E-state index < -0.39 is 39.8 Å². The fourth-order valence-corrected chi connectivity index (χ4v) is 38.2. The Morgan fingerprint density at radius 1 is 0.408 bits per heavy atom. The van der Waals surface area contributed by atoms with Gasteiger partial charge >= 0.3 is 0 Å². The van der Waals surface area contributed by atoms with Gasteiger partial charge in [-0.2, -0.15) is 0 Å². The van der Waals surface area contributed by atoms with Crippen molar-refractivity contribution in [1.29, 1.82) is 0 Å². The molecule has 4 heterocycles. The monoisotopic (exact) mass is 1760 g/mol. The Labute approximate surface area is 761 Å². The Morgan fingerprint density at radius 2 is 0.736 bits per heavy atom. The minimum absolute atomic E-state index is 0.105. The molecule has 39 atom stereocenters. The van der Waals surface area contributed by atoms with Gasteiger partial charge in [0.2, 0.25) is 0 Å². The fraction of sp³-hybridized carbons (Fsp3) is 0.908. The highest BCUT2D eigenvalue weighted by molar-refractivity contribution is 6.74. The summed E-state index contributed by atoms with van der Waals surface area (Å²) in [7, 11) is -3.59. The number of ether oxygens (including phenoxy) is 8. The molecule has 702 valence electrons. The zero-order valence-electron chi connectivity index (χ0n) is 83.8. The second kappa shape index (κ2) is 32.3. The maximum absolute atomic E-state index is 10.5. The summed E-state index contributed by atoms with van der Waals surface area (Å²) < 4.78 is 67.9. The largest absolute Gasteiger partial charge is 0.414 e. The molecule has 1 N–H and O–H groups in total. The van der Waals surface area contributed by atoms with Gasteiger partial charge in [-0.25, -0.2) is 0 Å². The van der Waals surface area contributed by atoms with E-state index in [0.717, 1.165) is 75.5 Å². The summed E-state index contributed by atoms with van der Waals surface area (Å²) in [6, 6.07) is 0.105. The fourth-order valence-electron chi connectivity index (χ4n) is 35.4. The van der Waals surface area contributed by atoms with E-state index in [1.807, 2.05) is 6.92 Å². The molecule has 0 aromatic carbocycles. The number of nitrogens with zero attached hydrogens (tertiary/aromatic N) is 3. The minimum atomic E-state index is -1.80. The molecule has 0 bridgehead atoms. The molecule has 16 unspecified atom stereocenters. The van der Waals surface area contributed by atoms with Gasteiger partial charge in [-0.15, -0.1) is 19.1 Å². The van der Waals surface area contributed by atoms with Gasteiger partial charge in [0, 0.05) is 29.1 Å². The van der Waals surface area contributed by atoms with Crippen LogP contribution in [0, 0.1) is 168 Å². The summed E-state index contributed by atoms with van der Waals surface area (Å²) >= 11 is 0. The van der Waals surface area contributed by atoms with Crippen LogP contribution in [0.15, 0.2) is 54.7 Å². The lowest BCUT2D eigenvalue weighted by Gasteiger charge is -2.63. The number of hydrogen-bond donors (Lipinski definition) is 1. The highest BCUT2D eigenvalue weighted by Gasteiger charge is 2.75. The molecule has 125 heavy (non-hydrogen) atoms. The van der Waals surface area contributed by atoms with Crippen molar-refractivity contribution in [1.82, 2.24) is 0 Å². The lowest BCUT2D eigenvalue weighted by molar-refractivity contribution is -0.186. The first kappa shape index (κ1) is 94.6. The van der Waals surface area contributed by atoms with E-state index in [0.29, 0.717) is 134 Å². The Balaban J connectivity index is 0.000000118. The highest BCUT2D eigenvalue weighted by Crippen LogP contribution is 2.76. The van der Waals surface area contributed by atoms with Crippen molar-refractivity contribution in [2.45, 2.75) is 465 Å². The first-order valence-corrected chi connectivity index (χ1v) is 57.5. The number of hydrogen-bond acceptors (Lipinski definition) is 12. The molecular weight excluding hydrogens is 1580 g/mol. The molecule has 14 nitrogen and oxygen atoms in total. The van der Waals surface area contributed by atoms with Crippen molar-refractivity contribution in [3.63, 3.8) is 0 Å². The number of allylic oxidation sites excluding steroid dienone is 5. The number of azide groups is 1. The predicted molar refractivity (Wildman–Crippen MR) is 506 cm³/mol. The van der Waals surface area contributed by atoms with Crippen molar-refractivity contribution in [3.8, 4) is 11.8 Å². The maximum Gasteiger partial charge on any atom is 0.192 e. The number of fused-ring (bicyclic) bond motifs is 32. The van der Waals surface area contributed by atoms with Crippen LogP contribution in [-0.2, 0) is 46.7 Å². The van der Waals surface area contributed by atoms with Gasteiger partial charge in [0.25, 0.3) is 0 Å². The molecule has 20 aliphatic rings. The van der Waals surface area contributed by atoms with E-state index in [1.165, 1.54) is 121 Å². The van der Waals surface area contributed by atoms with Gasteiger partial charge in [0.1, 0.15) is 0 Å². The lowest BCUT2D eigenvalue weighted by atomic mass is 9.43. The topological polar surface area (TPSA) is 161 Å². The highest BCUT2D eigenvalue weighted by atomic mass is 28.4. The molecule has 16 heteroatoms. The summed E-state index contributed by atoms with van der Waals surface area (Å²) in [6.07, 6.45) is 43.7. The molecule has 0 aromatic rings. The minimum Gasteiger partial charge on any atom is -0.414 e. The average Bonchev–Trinajstić information content (AvgIpc) is 1.60. The molecule has 19 fully saturated rings. The van der Waals surface area contributed by atoms with Crippen LogP contribution < -0.4 is 0 Å². The smallest absolute Gasteiger partial charge is 0.192 e. The van der Waals surface area contributed by atoms with E-state index >= 15 is 0 Å². The van der Waals surface area contributed by atoms with Gasteiger partial charge in [-0.05, 0) is 433 Å². The maximum atomic E-state index is 10.5. The second-order valence-electron chi connectivity index (χ2n) is 53.0. The second-order valence-corrected chi connectivity index (χ2v) is 62.5. The van der Waals surface area contributed by atoms with Gasteiger partial charge in [-0.3, -0.25) is 0 Å². The Morgan fingerprint density at radius 3 is 1.12 bits per heavy atom. The van der Waals surface area contributed by atoms with Crippen LogP contribution in [0.2, 0.25) is 36.3 Å². The van der Waals surface area contributed by atoms with Crippen LogP contribution >= 0.6 is 0 Å². The number of aliphatic hydroxyl groups is 1. The van der Waals surface area contributed by atoms with Gasteiger partial charge in [0.15, 0.2) is 39.8 Å². The zero-order valence-corrected chi connectivity index (χ0v) is 85.8. The third-order valence-corrected chi connectivity index (χ3v) is 52.7. The van der Waals surface area contributed by atoms with Gasteiger partial charge in [-0.1, -0.05) is 139 Å². The van der Waals surface area contributed by atoms with Gasteiger partial charge in [0.05, 0.1) is 54.9 Å². The molecule has 0 aromatic heterocycles. The molecule has 4 aliphatic heterocycles. The summed E-state index contributed by atoms with van der Waals surface area (Å²) in [6.45, 7) is 75.7. The van der Waals surface area contributed by atoms with Gasteiger partial charge < -0.3 is 51.9 Å². The van der Waals surface area contributed by atoms with Crippen LogP contribution in [-0.4, -0.2) is 118 Å². The summed E-state index contributed by atoms with van der Waals surface area (Å²) in [5.41, 5.74) is 12.9. The van der Waals surface area contributed by atoms with Crippen LogP contribution in [0.25, 0.3) is 10.4 Å². The van der Waals surface area contributed by atoms with Crippen molar-refractivity contribution >= 4 is 16.6 Å². The molecule has 20 rings (SSSR count). The third kappa shape index (κ3) is 15.3. The SMILES string of the molecule is C=CC1=CCC2C3C(CC[C@]12C)[C@@]1(C)CC[C@@H](O)CC1[C@H]1OC(C)(C)O[C@H]31.C=C[C@H]1CCC2C3C(CC[C@@]21C)[C@@]1(C)CC[C@@H](O[Si](C)(C)C(C)(C)C)CC1[C@H]1OC(C)(C)O[C@H]31.C=C[C@H]1CCC2C3C(CC[C@@]21C)[C@@]1(C)CC[C@H](N=[N+]=[N-])CC1[C@H]1OC(C)(C)O[C@H]31.CC#C[C@H]1CCC2C3C(CC[C@@]21C)[C@@]1(C)CC[C@@H](O[Si](C)(C)C(C)(C)C)CC1[C@H]1OC(C)(C)O[C@H]31. The molecule has 16 aliphatic carbocycles. The summed E-state index contributed by atoms with van der Waals surface area (Å²) in [4.78, 5) is 3.13. The van der Waals surface area contributed by atoms with Crippen molar-refractivity contribution in [2.24, 2.45) is 161 Å². The first-order valence-electron chi connectivity index (χ1n) is 51.7. The lowest BCUT2D eigenvalue weighted by Crippen LogP contribution is -2.63. The molecule has 0 radical (unpaired) electrons. The Bertz CT molecular complexity index is 4180. The first-order chi connectivity index (χ1) is 58.2. The van der Waals surface area contributed by atoms with Crippen LogP contribution in [0.1, 0.15) is 333 Å². The van der Waals surface area contributed by atoms with E-state index in [1.54, 1.807) is 0 Å². The van der Waals surface area contributed by atoms with E-state index in [9.17, 15) is 5.11 Å². The quantitative estimate of drug-likeness (QED) is 0.0615. The van der Waals surface area contributed by atoms with Crippen LogP contribution in [0.5, 0.6) is 0 Å². The third-order valence-electron chi connectivity index (χ3n) is 43.6. The van der Waals surface area contributed by atoms with Crippen LogP contribution in [0.4, 0.5) is 0 Å². The van der Waals surface area contributed by atoms with E-state index in [2.05, 4.69) is 244 Å². The summed E-state index contributed by atoms with van der Waals surface area (Å²) in [5, 5.41) is 15.1. The predicted octanol–water partition coefficient (Wildman–Crippen LogP) is 26.9. The number of aliphatic hydroxyl groups excluding tert-OH is 1. The van der Waals surface area contributed by atoms with Crippen molar-refractivity contribution in [3.05, 3.63) is 60.1 Å². The normalized spacial score (nSPS) is 52.1. The Hall–Kier alpha value is -2.18. The molecule has 4 saturated heterocycles. The Kier molecular flexibility index (Phi) is 24.4. The molecule has 15 saturated carbocycles. The van der Waals surface area contributed by atoms with Crippen LogP contribution in [0.3, 0.4) is 0 Å². The number of rotatable bonds is 8. The standard InChI is InChI=1S/C31H52O3Si.C30H52O3Si.C24H37N3O2.C24H36O3/c1-11-12-20-13-14-22-25-23(16-18-30(20,22)7)31(8)17-15-21(34-35(9,10)28(2,3)4)19-24(31)26-27(25)33-29(5,6)32-26;1-11-19-12-13-21-24-22(15-17-29(19,21)7)30(8)16-14-20(33-34(9,10)27(2,3)4)18-23(30)25-26(24)32-28(5,6)31-25;1-6-14-7-8-16-19-17(10-12-23(14,16)4)24(5)11-9-15(26-27-25)13-18(24)20-21(19)29-22(2,3)28-20;1-6-14-7-8-16-19-17(10-12-23(14,16)4)24(5)11-9-15(25)13-18(24)20-21(19)27-22(2,3)26-20/h20-27H,13-19H2,1-10H3;11,19-26H,1,12-18H2,2-10H3;6,14-21H,1,7-13H2,2-5H3;6-7,15-21,25H,1,8-13H2,2-5H3/t20-,21+,22?,23?,24?,25?,26+,27+,30+,31+;19-,20+,21?,22?,23?,24?,25+,26+,29+,30+;14-,15-,16?,17?,18?,19?,20+,21+,23+,24+;15-,16?,17?,18?,19?,20-,21-,23-,24-/m0001/s1.